The molecule has 26 heavy (non-hydrogen) atoms. The number of nitrogens with two attached hydrogens (primary N) is 1. The molecule has 1 atom stereocenters. The number of aromatic hydroxyl groups is 1. The number of aryl methyl sites for hydroxylation is 1. The average Bonchev–Trinajstić information content (AvgIpc) is 3.02. The number of nitrogens with zero attached hydrogens (tertiary/aromatic N) is 2. The van der Waals surface area contributed by atoms with Crippen molar-refractivity contribution in [3.63, 3.8) is 0 Å². The van der Waals surface area contributed by atoms with Crippen LogP contribution in [0.5, 0.6) is 11.5 Å². The highest BCUT2D eigenvalue weighted by Crippen LogP contribution is 2.47. The van der Waals surface area contributed by atoms with Crippen LogP contribution in [0.25, 0.3) is 0 Å². The molecule has 1 aliphatic heterocycles. The number of phenolic OH excluding ortho intramolecular Hbond substituents is 1. The van der Waals surface area contributed by atoms with Gasteiger partial charge in [0.05, 0.1) is 15.7 Å². The topological polar surface area (TPSA) is 122 Å². The van der Waals surface area contributed by atoms with Gasteiger partial charge in [-0.25, -0.2) is 0 Å². The van der Waals surface area contributed by atoms with E-state index in [4.69, 9.17) is 10.5 Å². The van der Waals surface area contributed by atoms with Crippen LogP contribution in [0.15, 0.2) is 35.7 Å². The van der Waals surface area contributed by atoms with E-state index in [-0.39, 0.29) is 27.8 Å². The van der Waals surface area contributed by atoms with Crippen molar-refractivity contribution in [2.24, 2.45) is 5.73 Å². The Bertz CT molecular complexity index is 942. The number of fused-ring (bicyclic) bond motifs is 1. The molecule has 1 aromatic carbocycles. The molecule has 3 N–H and O–H groups in total. The maximum absolute atomic E-state index is 11.4. The zero-order valence-corrected chi connectivity index (χ0v) is 14.9. The first kappa shape index (κ1) is 17.8. The second-order valence-corrected chi connectivity index (χ2v) is 7.13. The predicted molar refractivity (Wildman–Crippen MR) is 97.0 cm³/mol. The maximum atomic E-state index is 11.4. The zero-order chi connectivity index (χ0) is 18.8. The number of phenols is 1. The first-order chi connectivity index (χ1) is 12.5. The van der Waals surface area contributed by atoms with E-state index >= 15 is 0 Å². The van der Waals surface area contributed by atoms with Gasteiger partial charge in [0.1, 0.15) is 23.1 Å². The summed E-state index contributed by atoms with van der Waals surface area (Å²) < 4.78 is 5.46. The molecule has 0 fully saturated rings. The van der Waals surface area contributed by atoms with Crippen molar-refractivity contribution in [2.75, 3.05) is 0 Å². The summed E-state index contributed by atoms with van der Waals surface area (Å²) in [5, 5.41) is 30.7. The summed E-state index contributed by atoms with van der Waals surface area (Å²) in [5.74, 6) is -0.251. The molecule has 1 aromatic heterocycles. The predicted octanol–water partition coefficient (Wildman–Crippen LogP) is 3.92. The number of benzene rings is 1. The number of nitro groups is 1. The number of hydrogen-bond donors (Lipinski definition) is 2. The van der Waals surface area contributed by atoms with E-state index in [1.165, 1.54) is 29.5 Å². The van der Waals surface area contributed by atoms with Crippen LogP contribution < -0.4 is 10.5 Å². The minimum atomic E-state index is -0.552. The molecule has 0 aliphatic carbocycles. The van der Waals surface area contributed by atoms with Crippen LogP contribution in [0, 0.1) is 21.4 Å². The van der Waals surface area contributed by atoms with Gasteiger partial charge in [-0.05, 0) is 18.9 Å². The highest BCUT2D eigenvalue weighted by atomic mass is 32.1. The first-order valence-corrected chi connectivity index (χ1v) is 8.95. The van der Waals surface area contributed by atoms with Crippen molar-refractivity contribution in [3.05, 3.63) is 61.2 Å². The van der Waals surface area contributed by atoms with Crippen LogP contribution in [-0.2, 0) is 6.42 Å². The number of rotatable bonds is 5. The van der Waals surface area contributed by atoms with Gasteiger partial charge >= 0.3 is 0 Å². The van der Waals surface area contributed by atoms with Crippen molar-refractivity contribution >= 4 is 17.0 Å². The maximum Gasteiger partial charge on any atom is 0.283 e. The molecule has 3 rings (SSSR count). The van der Waals surface area contributed by atoms with E-state index in [1.807, 2.05) is 6.92 Å². The summed E-state index contributed by atoms with van der Waals surface area (Å²) in [5.41, 5.74) is 6.82. The lowest BCUT2D eigenvalue weighted by Gasteiger charge is -2.25. The van der Waals surface area contributed by atoms with Crippen molar-refractivity contribution in [2.45, 2.75) is 32.1 Å². The molecule has 0 bridgehead atoms. The Hall–Kier alpha value is -3.05. The van der Waals surface area contributed by atoms with Gasteiger partial charge in [-0.1, -0.05) is 19.4 Å². The molecule has 8 heteroatoms. The fraction of sp³-hybridized carbons (Fsp3) is 0.278. The van der Waals surface area contributed by atoms with E-state index in [0.29, 0.717) is 27.5 Å². The third-order valence-corrected chi connectivity index (χ3v) is 5.50. The van der Waals surface area contributed by atoms with Gasteiger partial charge in [0, 0.05) is 22.6 Å². The van der Waals surface area contributed by atoms with E-state index < -0.39 is 5.92 Å². The second-order valence-electron chi connectivity index (χ2n) is 5.96. The average molecular weight is 371 g/mol. The summed E-state index contributed by atoms with van der Waals surface area (Å²) >= 11 is 1.32. The van der Waals surface area contributed by atoms with Gasteiger partial charge in [0.2, 0.25) is 5.88 Å². The van der Waals surface area contributed by atoms with Gasteiger partial charge in [-0.15, -0.1) is 11.3 Å². The Balaban J connectivity index is 2.15. The summed E-state index contributed by atoms with van der Waals surface area (Å²) in [6.07, 6.45) is 2.40. The van der Waals surface area contributed by atoms with Crippen molar-refractivity contribution in [1.82, 2.24) is 0 Å². The quantitative estimate of drug-likeness (QED) is 0.606. The molecule has 0 amide bonds. The van der Waals surface area contributed by atoms with Gasteiger partial charge < -0.3 is 15.6 Å². The molecule has 1 unspecified atom stereocenters. The Morgan fingerprint density at radius 2 is 2.23 bits per heavy atom. The highest BCUT2D eigenvalue weighted by Gasteiger charge is 2.34. The van der Waals surface area contributed by atoms with E-state index in [2.05, 4.69) is 6.07 Å². The van der Waals surface area contributed by atoms with Crippen LogP contribution in [0.1, 0.15) is 41.0 Å². The van der Waals surface area contributed by atoms with Crippen LogP contribution in [0.2, 0.25) is 0 Å². The second kappa shape index (κ2) is 7.06. The lowest BCUT2D eigenvalue weighted by atomic mass is 9.88. The minimum Gasteiger partial charge on any atom is -0.508 e. The third kappa shape index (κ3) is 3.09. The number of hydrogen-bond acceptors (Lipinski definition) is 7. The molecule has 0 spiro atoms. The standard InChI is InChI=1S/C18H17N3O4S/c1-2-3-4-15-13(21(23)24)8-16(26-15)17-11-6-5-10(22)7-14(11)25-18(20)12(17)9-19/h5-8,17,22H,2-4,20H2,1H3. The fourth-order valence-corrected chi connectivity index (χ4v) is 4.29. The lowest BCUT2D eigenvalue weighted by Crippen LogP contribution is -2.20. The number of nitriles is 1. The highest BCUT2D eigenvalue weighted by molar-refractivity contribution is 7.12. The van der Waals surface area contributed by atoms with Crippen molar-refractivity contribution in [3.8, 4) is 17.6 Å². The number of ether oxygens (including phenoxy) is 1. The van der Waals surface area contributed by atoms with Crippen LogP contribution >= 0.6 is 11.3 Å². The Morgan fingerprint density at radius 3 is 2.88 bits per heavy atom. The largest absolute Gasteiger partial charge is 0.508 e. The van der Waals surface area contributed by atoms with Crippen molar-refractivity contribution < 1.29 is 14.8 Å². The number of allylic oxidation sites excluding steroid dienone is 1. The van der Waals surface area contributed by atoms with E-state index in [0.717, 1.165) is 12.8 Å². The lowest BCUT2D eigenvalue weighted by molar-refractivity contribution is -0.385. The summed E-state index contributed by atoms with van der Waals surface area (Å²) in [4.78, 5) is 12.4. The van der Waals surface area contributed by atoms with Gasteiger partial charge in [-0.2, -0.15) is 5.26 Å². The summed E-state index contributed by atoms with van der Waals surface area (Å²) in [6.45, 7) is 2.03. The molecular formula is C18H17N3O4S. The van der Waals surface area contributed by atoms with E-state index in [1.54, 1.807) is 6.07 Å². The third-order valence-electron chi connectivity index (χ3n) is 4.25. The fourth-order valence-electron chi connectivity index (χ4n) is 2.99. The summed E-state index contributed by atoms with van der Waals surface area (Å²) in [6, 6.07) is 8.14. The van der Waals surface area contributed by atoms with E-state index in [9.17, 15) is 20.5 Å². The Kier molecular flexibility index (Phi) is 4.82. The summed E-state index contributed by atoms with van der Waals surface area (Å²) in [7, 11) is 0. The monoisotopic (exact) mass is 371 g/mol. The number of thiophene rings is 1. The number of unbranched alkanes of at least 4 members (excludes halogenated alkanes) is 1. The Morgan fingerprint density at radius 1 is 1.46 bits per heavy atom. The molecular weight excluding hydrogens is 354 g/mol. The molecule has 0 radical (unpaired) electrons. The molecule has 7 nitrogen and oxygen atoms in total. The minimum absolute atomic E-state index is 0.0107. The smallest absolute Gasteiger partial charge is 0.283 e. The molecule has 134 valence electrons. The van der Waals surface area contributed by atoms with Crippen molar-refractivity contribution in [1.29, 1.82) is 5.26 Å². The first-order valence-electron chi connectivity index (χ1n) is 8.13. The van der Waals surface area contributed by atoms with Gasteiger partial charge in [0.25, 0.3) is 5.69 Å². The van der Waals surface area contributed by atoms with Crippen LogP contribution in [0.3, 0.4) is 0 Å². The molecule has 2 aromatic rings. The zero-order valence-electron chi connectivity index (χ0n) is 14.1. The molecule has 0 saturated heterocycles. The normalized spacial score (nSPS) is 15.9. The van der Waals surface area contributed by atoms with Gasteiger partial charge in [0.15, 0.2) is 0 Å². The Labute approximate surface area is 154 Å². The molecule has 2 heterocycles. The molecule has 0 saturated carbocycles. The SMILES string of the molecule is CCCCc1sc(C2C(C#N)=C(N)Oc3cc(O)ccc32)cc1[N+](=O)[O-]. The van der Waals surface area contributed by atoms with Crippen LogP contribution in [-0.4, -0.2) is 10.0 Å². The van der Waals surface area contributed by atoms with Crippen LogP contribution in [0.4, 0.5) is 5.69 Å². The van der Waals surface area contributed by atoms with Gasteiger partial charge in [-0.3, -0.25) is 10.1 Å². The molecule has 1 aliphatic rings.